The highest BCUT2D eigenvalue weighted by Gasteiger charge is 2.30. The van der Waals surface area contributed by atoms with E-state index in [9.17, 15) is 18.0 Å². The number of amides is 1. The summed E-state index contributed by atoms with van der Waals surface area (Å²) < 4.78 is 39.5. The summed E-state index contributed by atoms with van der Waals surface area (Å²) in [5.74, 6) is 0.349. The molecule has 0 bridgehead atoms. The number of ether oxygens (including phenoxy) is 1. The normalized spacial score (nSPS) is 19.8. The molecule has 0 heterocycles. The van der Waals surface area contributed by atoms with E-state index in [4.69, 9.17) is 0 Å². The molecular formula is C11H18F3NO2. The molecule has 0 radical (unpaired) electrons. The molecule has 1 saturated carbocycles. The number of hydrogen-bond acceptors (Lipinski definition) is 2. The van der Waals surface area contributed by atoms with Gasteiger partial charge in [-0.25, -0.2) is 4.79 Å². The summed E-state index contributed by atoms with van der Waals surface area (Å²) in [4.78, 5) is 11.1. The lowest BCUT2D eigenvalue weighted by Gasteiger charge is -2.27. The second kappa shape index (κ2) is 6.12. The molecule has 0 saturated heterocycles. The molecule has 1 fully saturated rings. The molecule has 1 N–H and O–H groups in total. The Morgan fingerprint density at radius 3 is 2.47 bits per heavy atom. The average Bonchev–Trinajstić information content (AvgIpc) is 2.27. The zero-order chi connectivity index (χ0) is 12.9. The van der Waals surface area contributed by atoms with E-state index in [2.05, 4.69) is 10.1 Å². The van der Waals surface area contributed by atoms with Crippen LogP contribution < -0.4 is 5.32 Å². The van der Waals surface area contributed by atoms with E-state index in [-0.39, 0.29) is 6.04 Å². The van der Waals surface area contributed by atoms with Crippen molar-refractivity contribution in [1.82, 2.24) is 5.32 Å². The van der Waals surface area contributed by atoms with Crippen LogP contribution >= 0.6 is 0 Å². The predicted octanol–water partition coefficient (Wildman–Crippen LogP) is 3.24. The SMILES string of the molecule is C[C@@H](NC(=O)OCC(F)(F)F)C1CCCCC1. The van der Waals surface area contributed by atoms with Crippen molar-refractivity contribution in [2.45, 2.75) is 51.2 Å². The van der Waals surface area contributed by atoms with Gasteiger partial charge in [-0.1, -0.05) is 19.3 Å². The van der Waals surface area contributed by atoms with Gasteiger partial charge in [-0.05, 0) is 25.7 Å². The second-order valence-electron chi connectivity index (χ2n) is 4.52. The molecule has 1 aliphatic rings. The number of hydrogen-bond donors (Lipinski definition) is 1. The molecule has 0 aromatic heterocycles. The number of carbonyl (C=O) groups excluding carboxylic acids is 1. The highest BCUT2D eigenvalue weighted by atomic mass is 19.4. The van der Waals surface area contributed by atoms with Gasteiger partial charge in [0.25, 0.3) is 0 Å². The lowest BCUT2D eigenvalue weighted by atomic mass is 9.85. The van der Waals surface area contributed by atoms with Crippen molar-refractivity contribution in [2.75, 3.05) is 6.61 Å². The third-order valence-electron chi connectivity index (χ3n) is 3.07. The molecule has 0 aromatic rings. The first-order valence-corrected chi connectivity index (χ1v) is 5.88. The van der Waals surface area contributed by atoms with Crippen molar-refractivity contribution in [3.8, 4) is 0 Å². The standard InChI is InChI=1S/C11H18F3NO2/c1-8(9-5-3-2-4-6-9)15-10(16)17-7-11(12,13)14/h8-9H,2-7H2,1H3,(H,15,16)/t8-/m1/s1. The van der Waals surface area contributed by atoms with Crippen LogP contribution in [0.25, 0.3) is 0 Å². The summed E-state index contributed by atoms with van der Waals surface area (Å²) in [5, 5.41) is 2.46. The van der Waals surface area contributed by atoms with Crippen LogP contribution in [0.4, 0.5) is 18.0 Å². The Morgan fingerprint density at radius 2 is 1.94 bits per heavy atom. The number of nitrogens with one attached hydrogen (secondary N) is 1. The third kappa shape index (κ3) is 5.79. The van der Waals surface area contributed by atoms with Crippen LogP contribution in [0.2, 0.25) is 0 Å². The van der Waals surface area contributed by atoms with Crippen LogP contribution in [0.15, 0.2) is 0 Å². The topological polar surface area (TPSA) is 38.3 Å². The molecule has 100 valence electrons. The Labute approximate surface area is 98.7 Å². The van der Waals surface area contributed by atoms with Crippen molar-refractivity contribution >= 4 is 6.09 Å². The van der Waals surface area contributed by atoms with Gasteiger partial charge >= 0.3 is 12.3 Å². The Balaban J connectivity index is 2.25. The van der Waals surface area contributed by atoms with E-state index >= 15 is 0 Å². The molecule has 17 heavy (non-hydrogen) atoms. The van der Waals surface area contributed by atoms with Crippen molar-refractivity contribution in [3.63, 3.8) is 0 Å². The lowest BCUT2D eigenvalue weighted by molar-refractivity contribution is -0.160. The molecule has 0 aliphatic heterocycles. The molecule has 1 atom stereocenters. The van der Waals surface area contributed by atoms with E-state index in [1.807, 2.05) is 6.92 Å². The van der Waals surface area contributed by atoms with Gasteiger partial charge in [0, 0.05) is 6.04 Å². The van der Waals surface area contributed by atoms with E-state index in [0.717, 1.165) is 25.7 Å². The largest absolute Gasteiger partial charge is 0.440 e. The highest BCUT2D eigenvalue weighted by Crippen LogP contribution is 2.26. The molecule has 1 rings (SSSR count). The molecule has 1 aliphatic carbocycles. The Morgan fingerprint density at radius 1 is 1.35 bits per heavy atom. The van der Waals surface area contributed by atoms with Gasteiger partial charge in [0.1, 0.15) is 0 Å². The van der Waals surface area contributed by atoms with Crippen LogP contribution in [-0.4, -0.2) is 24.9 Å². The van der Waals surface area contributed by atoms with Crippen LogP contribution in [0, 0.1) is 5.92 Å². The van der Waals surface area contributed by atoms with Gasteiger partial charge < -0.3 is 10.1 Å². The minimum Gasteiger partial charge on any atom is -0.440 e. The quantitative estimate of drug-likeness (QED) is 0.838. The van der Waals surface area contributed by atoms with E-state index < -0.39 is 18.9 Å². The van der Waals surface area contributed by atoms with Gasteiger partial charge in [0.2, 0.25) is 0 Å². The predicted molar refractivity (Wildman–Crippen MR) is 56.6 cm³/mol. The molecule has 3 nitrogen and oxygen atoms in total. The monoisotopic (exact) mass is 253 g/mol. The maximum atomic E-state index is 11.8. The minimum absolute atomic E-state index is 0.129. The summed E-state index contributed by atoms with van der Waals surface area (Å²) in [7, 11) is 0. The van der Waals surface area contributed by atoms with Crippen LogP contribution in [0.1, 0.15) is 39.0 Å². The van der Waals surface area contributed by atoms with E-state index in [1.165, 1.54) is 6.42 Å². The molecule has 0 aromatic carbocycles. The van der Waals surface area contributed by atoms with Crippen LogP contribution in [-0.2, 0) is 4.74 Å². The van der Waals surface area contributed by atoms with Gasteiger partial charge in [-0.2, -0.15) is 13.2 Å². The Hall–Kier alpha value is -0.940. The van der Waals surface area contributed by atoms with E-state index in [1.54, 1.807) is 0 Å². The summed E-state index contributed by atoms with van der Waals surface area (Å²) in [5.41, 5.74) is 0. The van der Waals surface area contributed by atoms with Gasteiger partial charge in [0.05, 0.1) is 0 Å². The fourth-order valence-corrected chi connectivity index (χ4v) is 2.13. The maximum Gasteiger partial charge on any atom is 0.422 e. The van der Waals surface area contributed by atoms with Gasteiger partial charge in [0.15, 0.2) is 6.61 Å². The number of alkyl halides is 3. The third-order valence-corrected chi connectivity index (χ3v) is 3.07. The van der Waals surface area contributed by atoms with Crippen molar-refractivity contribution in [1.29, 1.82) is 0 Å². The molecule has 0 unspecified atom stereocenters. The summed E-state index contributed by atoms with van der Waals surface area (Å²) >= 11 is 0. The fourth-order valence-electron chi connectivity index (χ4n) is 2.13. The summed E-state index contributed by atoms with van der Waals surface area (Å²) in [6, 6.07) is -0.129. The molecule has 6 heteroatoms. The number of halogens is 3. The van der Waals surface area contributed by atoms with E-state index in [0.29, 0.717) is 5.92 Å². The van der Waals surface area contributed by atoms with Crippen molar-refractivity contribution in [3.05, 3.63) is 0 Å². The van der Waals surface area contributed by atoms with Crippen LogP contribution in [0.3, 0.4) is 0 Å². The first-order chi connectivity index (χ1) is 7.88. The summed E-state index contributed by atoms with van der Waals surface area (Å²) in [6.07, 6.45) is 0.0114. The smallest absolute Gasteiger partial charge is 0.422 e. The first-order valence-electron chi connectivity index (χ1n) is 5.88. The number of carbonyl (C=O) groups is 1. The lowest BCUT2D eigenvalue weighted by Crippen LogP contribution is -2.40. The fraction of sp³-hybridized carbons (Fsp3) is 0.909. The first kappa shape index (κ1) is 14.1. The highest BCUT2D eigenvalue weighted by molar-refractivity contribution is 5.67. The Bertz CT molecular complexity index is 250. The number of alkyl carbamates (subject to hydrolysis) is 1. The van der Waals surface area contributed by atoms with Crippen molar-refractivity contribution < 1.29 is 22.7 Å². The number of rotatable bonds is 3. The molecule has 1 amide bonds. The Kier molecular flexibility index (Phi) is 5.08. The molecular weight excluding hydrogens is 235 g/mol. The van der Waals surface area contributed by atoms with Gasteiger partial charge in [-0.15, -0.1) is 0 Å². The minimum atomic E-state index is -4.47. The van der Waals surface area contributed by atoms with Crippen molar-refractivity contribution in [2.24, 2.45) is 5.92 Å². The maximum absolute atomic E-state index is 11.8. The second-order valence-corrected chi connectivity index (χ2v) is 4.52. The summed E-state index contributed by atoms with van der Waals surface area (Å²) in [6.45, 7) is 0.279. The van der Waals surface area contributed by atoms with Crippen LogP contribution in [0.5, 0.6) is 0 Å². The zero-order valence-corrected chi connectivity index (χ0v) is 9.85. The zero-order valence-electron chi connectivity index (χ0n) is 9.85. The average molecular weight is 253 g/mol. The molecule has 0 spiro atoms. The van der Waals surface area contributed by atoms with Gasteiger partial charge in [-0.3, -0.25) is 0 Å².